The van der Waals surface area contributed by atoms with Crippen molar-refractivity contribution in [2.75, 3.05) is 26.2 Å². The van der Waals surface area contributed by atoms with Gasteiger partial charge in [0.15, 0.2) is 0 Å². The summed E-state index contributed by atoms with van der Waals surface area (Å²) >= 11 is 0. The number of aromatic amines is 1. The first kappa shape index (κ1) is 18.4. The third-order valence-corrected chi connectivity index (χ3v) is 5.17. The van der Waals surface area contributed by atoms with E-state index in [1.807, 2.05) is 23.1 Å². The van der Waals surface area contributed by atoms with Gasteiger partial charge >= 0.3 is 0 Å². The van der Waals surface area contributed by atoms with E-state index in [0.29, 0.717) is 30.0 Å². The molecule has 5 nitrogen and oxygen atoms in total. The van der Waals surface area contributed by atoms with E-state index in [2.05, 4.69) is 27.2 Å². The number of hydrogen-bond donors (Lipinski definition) is 1. The van der Waals surface area contributed by atoms with Crippen molar-refractivity contribution in [2.45, 2.75) is 13.5 Å². The molecular formula is C22H23FN4O. The van der Waals surface area contributed by atoms with Crippen LogP contribution in [0.1, 0.15) is 21.6 Å². The molecule has 0 unspecified atom stereocenters. The van der Waals surface area contributed by atoms with E-state index in [4.69, 9.17) is 0 Å². The van der Waals surface area contributed by atoms with Crippen LogP contribution in [0.25, 0.3) is 11.3 Å². The Morgan fingerprint density at radius 2 is 1.82 bits per heavy atom. The van der Waals surface area contributed by atoms with Gasteiger partial charge in [0.25, 0.3) is 5.91 Å². The van der Waals surface area contributed by atoms with E-state index in [0.717, 1.165) is 25.2 Å². The van der Waals surface area contributed by atoms with Crippen molar-refractivity contribution in [3.05, 3.63) is 77.2 Å². The smallest absolute Gasteiger partial charge is 0.271 e. The molecule has 0 spiro atoms. The number of carbonyl (C=O) groups is 1. The Morgan fingerprint density at radius 3 is 2.54 bits per heavy atom. The van der Waals surface area contributed by atoms with Crippen LogP contribution in [0.3, 0.4) is 0 Å². The highest BCUT2D eigenvalue weighted by molar-refractivity contribution is 5.93. The largest absolute Gasteiger partial charge is 0.335 e. The van der Waals surface area contributed by atoms with Crippen LogP contribution in [0.2, 0.25) is 0 Å². The molecule has 1 saturated heterocycles. The van der Waals surface area contributed by atoms with Crippen LogP contribution >= 0.6 is 0 Å². The molecule has 1 aliphatic heterocycles. The van der Waals surface area contributed by atoms with Crippen molar-refractivity contribution >= 4 is 5.91 Å². The topological polar surface area (TPSA) is 52.2 Å². The highest BCUT2D eigenvalue weighted by Crippen LogP contribution is 2.21. The fraction of sp³-hybridized carbons (Fsp3) is 0.273. The highest BCUT2D eigenvalue weighted by atomic mass is 19.1. The molecule has 28 heavy (non-hydrogen) atoms. The Morgan fingerprint density at radius 1 is 1.07 bits per heavy atom. The van der Waals surface area contributed by atoms with Gasteiger partial charge in [-0.05, 0) is 42.3 Å². The zero-order chi connectivity index (χ0) is 19.5. The van der Waals surface area contributed by atoms with Gasteiger partial charge in [0, 0.05) is 38.3 Å². The van der Waals surface area contributed by atoms with Crippen molar-refractivity contribution in [1.29, 1.82) is 0 Å². The second kappa shape index (κ2) is 7.94. The van der Waals surface area contributed by atoms with Gasteiger partial charge < -0.3 is 4.90 Å². The van der Waals surface area contributed by atoms with Crippen molar-refractivity contribution < 1.29 is 9.18 Å². The van der Waals surface area contributed by atoms with Crippen molar-refractivity contribution in [3.63, 3.8) is 0 Å². The summed E-state index contributed by atoms with van der Waals surface area (Å²) < 4.78 is 13.5. The summed E-state index contributed by atoms with van der Waals surface area (Å²) in [6, 6.07) is 16.9. The quantitative estimate of drug-likeness (QED) is 0.756. The Kier molecular flexibility index (Phi) is 5.21. The molecule has 1 aromatic heterocycles. The summed E-state index contributed by atoms with van der Waals surface area (Å²) in [5.41, 5.74) is 3.75. The lowest BCUT2D eigenvalue weighted by molar-refractivity contribution is 0.0622. The second-order valence-electron chi connectivity index (χ2n) is 7.18. The average molecular weight is 378 g/mol. The Bertz CT molecular complexity index is 962. The molecule has 0 saturated carbocycles. The molecule has 0 bridgehead atoms. The fourth-order valence-corrected chi connectivity index (χ4v) is 3.50. The molecule has 0 aliphatic carbocycles. The summed E-state index contributed by atoms with van der Waals surface area (Å²) in [7, 11) is 0. The van der Waals surface area contributed by atoms with Gasteiger partial charge in [0.05, 0.1) is 5.69 Å². The van der Waals surface area contributed by atoms with Crippen LogP contribution < -0.4 is 0 Å². The summed E-state index contributed by atoms with van der Waals surface area (Å²) in [6.07, 6.45) is 0. The summed E-state index contributed by atoms with van der Waals surface area (Å²) in [4.78, 5) is 17.0. The molecule has 0 radical (unpaired) electrons. The molecule has 1 N–H and O–H groups in total. The number of rotatable bonds is 4. The second-order valence-corrected chi connectivity index (χ2v) is 7.18. The summed E-state index contributed by atoms with van der Waals surface area (Å²) in [5.74, 6) is -0.291. The average Bonchev–Trinajstić information content (AvgIpc) is 3.21. The Balaban J connectivity index is 1.38. The van der Waals surface area contributed by atoms with E-state index in [9.17, 15) is 9.18 Å². The summed E-state index contributed by atoms with van der Waals surface area (Å²) in [6.45, 7) is 5.69. The Labute approximate surface area is 163 Å². The normalized spacial score (nSPS) is 15.0. The number of nitrogens with one attached hydrogen (secondary N) is 1. The first-order valence-electron chi connectivity index (χ1n) is 9.47. The van der Waals surface area contributed by atoms with Gasteiger partial charge in [0.1, 0.15) is 11.5 Å². The SMILES string of the molecule is Cc1cc(-c2cc(C(=O)N3CCN(Cc4ccccc4)CC3)[nH]n2)ccc1F. The maximum Gasteiger partial charge on any atom is 0.271 e. The number of piperazine rings is 1. The maximum absolute atomic E-state index is 13.5. The van der Waals surface area contributed by atoms with Crippen LogP contribution in [0.4, 0.5) is 4.39 Å². The van der Waals surface area contributed by atoms with Crippen LogP contribution in [0.15, 0.2) is 54.6 Å². The lowest BCUT2D eigenvalue weighted by atomic mass is 10.1. The molecule has 2 aromatic carbocycles. The molecule has 6 heteroatoms. The zero-order valence-electron chi connectivity index (χ0n) is 15.9. The standard InChI is InChI=1S/C22H23FN4O/c1-16-13-18(7-8-19(16)23)20-14-21(25-24-20)22(28)27-11-9-26(10-12-27)15-17-5-3-2-4-6-17/h2-8,13-14H,9-12,15H2,1H3,(H,24,25). The van der Waals surface area contributed by atoms with E-state index in [1.165, 1.54) is 11.6 Å². The molecule has 3 aromatic rings. The molecule has 1 aliphatic rings. The predicted molar refractivity (Wildman–Crippen MR) is 106 cm³/mol. The lowest BCUT2D eigenvalue weighted by Gasteiger charge is -2.34. The number of aromatic nitrogens is 2. The lowest BCUT2D eigenvalue weighted by Crippen LogP contribution is -2.48. The summed E-state index contributed by atoms with van der Waals surface area (Å²) in [5, 5.41) is 7.08. The molecule has 0 atom stereocenters. The maximum atomic E-state index is 13.5. The number of hydrogen-bond acceptors (Lipinski definition) is 3. The highest BCUT2D eigenvalue weighted by Gasteiger charge is 2.23. The third kappa shape index (κ3) is 3.97. The van der Waals surface area contributed by atoms with Crippen LogP contribution in [-0.4, -0.2) is 52.1 Å². The van der Waals surface area contributed by atoms with E-state index in [-0.39, 0.29) is 11.7 Å². The van der Waals surface area contributed by atoms with Crippen molar-refractivity contribution in [1.82, 2.24) is 20.0 Å². The van der Waals surface area contributed by atoms with Gasteiger partial charge in [-0.3, -0.25) is 14.8 Å². The minimum Gasteiger partial charge on any atom is -0.335 e. The zero-order valence-corrected chi connectivity index (χ0v) is 15.9. The minimum absolute atomic E-state index is 0.0445. The monoisotopic (exact) mass is 378 g/mol. The fourth-order valence-electron chi connectivity index (χ4n) is 3.50. The number of aryl methyl sites for hydroxylation is 1. The van der Waals surface area contributed by atoms with Crippen LogP contribution in [0, 0.1) is 12.7 Å². The Hall–Kier alpha value is -2.99. The van der Waals surface area contributed by atoms with Gasteiger partial charge in [-0.2, -0.15) is 5.10 Å². The van der Waals surface area contributed by atoms with Gasteiger partial charge in [-0.25, -0.2) is 4.39 Å². The van der Waals surface area contributed by atoms with E-state index < -0.39 is 0 Å². The van der Waals surface area contributed by atoms with Crippen molar-refractivity contribution in [2.24, 2.45) is 0 Å². The third-order valence-electron chi connectivity index (χ3n) is 5.17. The molecule has 144 valence electrons. The first-order valence-corrected chi connectivity index (χ1v) is 9.47. The number of halogens is 1. The molecule has 4 rings (SSSR count). The van der Waals surface area contributed by atoms with Crippen LogP contribution in [-0.2, 0) is 6.54 Å². The number of nitrogens with zero attached hydrogens (tertiary/aromatic N) is 3. The molecule has 2 heterocycles. The van der Waals surface area contributed by atoms with E-state index >= 15 is 0 Å². The number of carbonyl (C=O) groups excluding carboxylic acids is 1. The number of H-pyrrole nitrogens is 1. The van der Waals surface area contributed by atoms with E-state index in [1.54, 1.807) is 25.1 Å². The first-order chi connectivity index (χ1) is 13.6. The molecule has 1 fully saturated rings. The van der Waals surface area contributed by atoms with Gasteiger partial charge in [-0.1, -0.05) is 30.3 Å². The minimum atomic E-state index is -0.246. The number of benzene rings is 2. The van der Waals surface area contributed by atoms with Crippen LogP contribution in [0.5, 0.6) is 0 Å². The van der Waals surface area contributed by atoms with Gasteiger partial charge in [-0.15, -0.1) is 0 Å². The molecular weight excluding hydrogens is 355 g/mol. The predicted octanol–water partition coefficient (Wildman–Crippen LogP) is 3.48. The molecule has 1 amide bonds. The van der Waals surface area contributed by atoms with Crippen molar-refractivity contribution in [3.8, 4) is 11.3 Å². The number of amides is 1. The van der Waals surface area contributed by atoms with Gasteiger partial charge in [0.2, 0.25) is 0 Å².